The Balaban J connectivity index is 2.01. The summed E-state index contributed by atoms with van der Waals surface area (Å²) in [6.07, 6.45) is -4.84. The normalized spacial score (nSPS) is 25.8. The third-order valence-corrected chi connectivity index (χ3v) is 6.35. The summed E-state index contributed by atoms with van der Waals surface area (Å²) in [6.45, 7) is 1.60. The topological polar surface area (TPSA) is 104 Å². The molecule has 1 fully saturated rings. The van der Waals surface area contributed by atoms with E-state index >= 15 is 0 Å². The zero-order valence-electron chi connectivity index (χ0n) is 18.5. The number of methoxy groups -OCH3 is 1. The van der Waals surface area contributed by atoms with Crippen LogP contribution in [0.2, 0.25) is 0 Å². The number of halogens is 5. The molecule has 0 unspecified atom stereocenters. The molecule has 2 heterocycles. The van der Waals surface area contributed by atoms with Crippen molar-refractivity contribution in [2.24, 2.45) is 5.92 Å². The molecule has 5 atom stereocenters. The molecule has 0 spiro atoms. The summed E-state index contributed by atoms with van der Waals surface area (Å²) in [4.78, 5) is 17.0. The Kier molecular flexibility index (Phi) is 7.15. The number of carbonyl (C=O) groups is 1. The van der Waals surface area contributed by atoms with Crippen molar-refractivity contribution in [1.29, 1.82) is 0 Å². The summed E-state index contributed by atoms with van der Waals surface area (Å²) in [5, 5.41) is 23.4. The van der Waals surface area contributed by atoms with Gasteiger partial charge in [0, 0.05) is 11.5 Å². The summed E-state index contributed by atoms with van der Waals surface area (Å²) < 4.78 is 75.1. The van der Waals surface area contributed by atoms with Crippen molar-refractivity contribution in [1.82, 2.24) is 10.3 Å². The predicted octanol–water partition coefficient (Wildman–Crippen LogP) is 3.05. The van der Waals surface area contributed by atoms with Gasteiger partial charge in [0.25, 0.3) is 0 Å². The second-order valence-electron chi connectivity index (χ2n) is 8.28. The second-order valence-corrected chi connectivity index (χ2v) is 8.28. The lowest BCUT2D eigenvalue weighted by atomic mass is 9.76. The van der Waals surface area contributed by atoms with Crippen LogP contribution in [0, 0.1) is 17.6 Å². The fraction of sp³-hybridized carbons (Fsp3) is 0.455. The van der Waals surface area contributed by atoms with Gasteiger partial charge in [-0.25, -0.2) is 4.39 Å². The molecule has 12 heteroatoms. The van der Waals surface area contributed by atoms with Crippen LogP contribution in [0.3, 0.4) is 0 Å². The monoisotopic (exact) mass is 489 g/mol. The highest BCUT2D eigenvalue weighted by atomic mass is 19.4. The average molecular weight is 489 g/mol. The summed E-state index contributed by atoms with van der Waals surface area (Å²) in [5.41, 5.74) is -2.37. The molecular weight excluding hydrogens is 465 g/mol. The van der Waals surface area contributed by atoms with Gasteiger partial charge in [-0.15, -0.1) is 0 Å². The molecule has 3 rings (SSSR count). The van der Waals surface area contributed by atoms with Crippen molar-refractivity contribution in [3.8, 4) is 5.75 Å². The summed E-state index contributed by atoms with van der Waals surface area (Å²) in [5.74, 6) is -6.56. The molecule has 0 aliphatic carbocycles. The quantitative estimate of drug-likeness (QED) is 0.465. The number of hydrogen-bond acceptors (Lipinski definition) is 6. The molecule has 1 aliphatic rings. The molecular formula is C22H24F5N3O4. The van der Waals surface area contributed by atoms with E-state index in [4.69, 9.17) is 9.84 Å². The van der Waals surface area contributed by atoms with Gasteiger partial charge in [0.15, 0.2) is 11.6 Å². The number of amides is 1. The first-order valence-electron chi connectivity index (χ1n) is 10.3. The number of ether oxygens (including phenoxy) is 1. The number of pyridine rings is 1. The number of benzene rings is 1. The minimum Gasteiger partial charge on any atom is -0.493 e. The Morgan fingerprint density at radius 1 is 1.29 bits per heavy atom. The molecule has 1 aromatic carbocycles. The van der Waals surface area contributed by atoms with Crippen molar-refractivity contribution in [2.45, 2.75) is 43.6 Å². The zero-order valence-corrected chi connectivity index (χ0v) is 18.5. The maximum absolute atomic E-state index is 14.4. The highest BCUT2D eigenvalue weighted by molar-refractivity contribution is 5.96. The second kappa shape index (κ2) is 9.43. The first-order chi connectivity index (χ1) is 15.9. The van der Waals surface area contributed by atoms with Gasteiger partial charge in [-0.2, -0.15) is 17.6 Å². The first kappa shape index (κ1) is 25.8. The Labute approximate surface area is 192 Å². The van der Waals surface area contributed by atoms with E-state index in [1.807, 2.05) is 0 Å². The molecule has 0 bridgehead atoms. The number of aliphatic hydroxyl groups excluding tert-OH is 2. The van der Waals surface area contributed by atoms with E-state index in [0.717, 1.165) is 26.2 Å². The van der Waals surface area contributed by atoms with Crippen LogP contribution in [0.4, 0.5) is 27.6 Å². The van der Waals surface area contributed by atoms with E-state index in [0.29, 0.717) is 0 Å². The highest BCUT2D eigenvalue weighted by Crippen LogP contribution is 2.51. The Hall–Kier alpha value is -2.83. The van der Waals surface area contributed by atoms with Gasteiger partial charge in [-0.3, -0.25) is 15.1 Å². The zero-order chi connectivity index (χ0) is 25.4. The number of carbonyl (C=O) groups excluding carboxylic acids is 1. The van der Waals surface area contributed by atoms with Crippen LogP contribution in [-0.4, -0.2) is 52.6 Å². The minimum absolute atomic E-state index is 0.0888. The van der Waals surface area contributed by atoms with Gasteiger partial charge < -0.3 is 20.3 Å². The van der Waals surface area contributed by atoms with Crippen LogP contribution < -0.4 is 15.4 Å². The van der Waals surface area contributed by atoms with E-state index < -0.39 is 65.6 Å². The summed E-state index contributed by atoms with van der Waals surface area (Å²) >= 11 is 0. The molecule has 1 aliphatic heterocycles. The molecule has 4 N–H and O–H groups in total. The molecule has 1 saturated heterocycles. The smallest absolute Gasteiger partial charge is 0.406 e. The lowest BCUT2D eigenvalue weighted by Crippen LogP contribution is -2.56. The van der Waals surface area contributed by atoms with Crippen LogP contribution in [-0.2, 0) is 4.79 Å². The van der Waals surface area contributed by atoms with Crippen LogP contribution in [0.25, 0.3) is 0 Å². The van der Waals surface area contributed by atoms with Gasteiger partial charge in [-0.1, -0.05) is 13.0 Å². The van der Waals surface area contributed by atoms with E-state index in [9.17, 15) is 31.9 Å². The maximum atomic E-state index is 14.4. The third kappa shape index (κ3) is 4.44. The SMILES string of the molecule is COc1c([C@H]2[C@H](C(=O)Nc3ccc([C@H](O)CO)nc3)N[C@@](C)(C(F)(F)F)[C@H]2C)ccc(F)c1F. The Morgan fingerprint density at radius 3 is 2.50 bits per heavy atom. The number of rotatable bonds is 6. The molecule has 1 amide bonds. The number of nitrogens with one attached hydrogen (secondary N) is 2. The van der Waals surface area contributed by atoms with Gasteiger partial charge in [0.05, 0.1) is 37.3 Å². The first-order valence-corrected chi connectivity index (χ1v) is 10.3. The molecule has 1 aromatic heterocycles. The van der Waals surface area contributed by atoms with Gasteiger partial charge in [0.1, 0.15) is 11.6 Å². The molecule has 7 nitrogen and oxygen atoms in total. The summed E-state index contributed by atoms with van der Waals surface area (Å²) in [7, 11) is 1.06. The van der Waals surface area contributed by atoms with Crippen molar-refractivity contribution in [3.63, 3.8) is 0 Å². The number of hydrogen-bond donors (Lipinski definition) is 4. The van der Waals surface area contributed by atoms with Gasteiger partial charge in [0.2, 0.25) is 11.7 Å². The molecule has 2 aromatic rings. The Morgan fingerprint density at radius 2 is 1.97 bits per heavy atom. The maximum Gasteiger partial charge on any atom is 0.406 e. The van der Waals surface area contributed by atoms with Crippen LogP contribution in [0.5, 0.6) is 5.75 Å². The van der Waals surface area contributed by atoms with Gasteiger partial charge >= 0.3 is 6.18 Å². The fourth-order valence-corrected chi connectivity index (χ4v) is 4.22. The molecule has 186 valence electrons. The number of aliphatic hydroxyl groups is 2. The van der Waals surface area contributed by atoms with Crippen molar-refractivity contribution >= 4 is 11.6 Å². The lowest BCUT2D eigenvalue weighted by Gasteiger charge is -2.33. The Bertz CT molecular complexity index is 1050. The van der Waals surface area contributed by atoms with Gasteiger partial charge in [-0.05, 0) is 31.0 Å². The van der Waals surface area contributed by atoms with Crippen molar-refractivity contribution in [2.75, 3.05) is 19.0 Å². The number of aromatic nitrogens is 1. The number of alkyl halides is 3. The van der Waals surface area contributed by atoms with E-state index in [2.05, 4.69) is 15.6 Å². The highest BCUT2D eigenvalue weighted by Gasteiger charge is 2.64. The standard InChI is InChI=1S/C22H24F5N3O4/c1-10-16(12-5-6-13(23)17(24)19(12)34-3)18(30-21(10,2)22(25,26)27)20(33)29-11-4-7-14(28-8-11)15(32)9-31/h4-8,10,15-16,18,30-32H,9H2,1-3H3,(H,29,33)/t10-,15+,16-,18+,21+/m0/s1. The molecule has 34 heavy (non-hydrogen) atoms. The third-order valence-electron chi connectivity index (χ3n) is 6.35. The minimum atomic E-state index is -4.77. The molecule has 0 saturated carbocycles. The van der Waals surface area contributed by atoms with Crippen LogP contribution in [0.15, 0.2) is 30.5 Å². The number of nitrogens with zero attached hydrogens (tertiary/aromatic N) is 1. The summed E-state index contributed by atoms with van der Waals surface area (Å²) in [6, 6.07) is 3.07. The van der Waals surface area contributed by atoms with Crippen LogP contribution >= 0.6 is 0 Å². The fourth-order valence-electron chi connectivity index (χ4n) is 4.22. The largest absolute Gasteiger partial charge is 0.493 e. The van der Waals surface area contributed by atoms with E-state index in [1.165, 1.54) is 25.3 Å². The molecule has 0 radical (unpaired) electrons. The number of anilines is 1. The van der Waals surface area contributed by atoms with Crippen molar-refractivity contribution < 1.29 is 41.7 Å². The van der Waals surface area contributed by atoms with Crippen LogP contribution in [0.1, 0.15) is 37.1 Å². The van der Waals surface area contributed by atoms with Crippen molar-refractivity contribution in [3.05, 3.63) is 53.4 Å². The predicted molar refractivity (Wildman–Crippen MR) is 111 cm³/mol. The lowest BCUT2D eigenvalue weighted by molar-refractivity contribution is -0.198. The van der Waals surface area contributed by atoms with E-state index in [1.54, 1.807) is 0 Å². The average Bonchev–Trinajstić information content (AvgIpc) is 3.07. The van der Waals surface area contributed by atoms with E-state index in [-0.39, 0.29) is 16.9 Å².